The number of benzene rings is 1. The fourth-order valence-corrected chi connectivity index (χ4v) is 7.36. The number of nitrogens with one attached hydrogen (secondary N) is 3. The van der Waals surface area contributed by atoms with Crippen LogP contribution in [0.2, 0.25) is 5.15 Å². The predicted octanol–water partition coefficient (Wildman–Crippen LogP) is 8.23. The van der Waals surface area contributed by atoms with Crippen molar-refractivity contribution in [3.63, 3.8) is 0 Å². The van der Waals surface area contributed by atoms with Gasteiger partial charge in [-0.25, -0.2) is 14.7 Å². The van der Waals surface area contributed by atoms with Crippen molar-refractivity contribution in [1.82, 2.24) is 25.0 Å². The minimum Gasteiger partial charge on any atom is -0.493 e. The Hall–Kier alpha value is -3.80. The summed E-state index contributed by atoms with van der Waals surface area (Å²) in [5.41, 5.74) is 2.64. The Balaban J connectivity index is 1.33. The number of carbonyl (C=O) groups excluding carboxylic acids is 1. The van der Waals surface area contributed by atoms with Gasteiger partial charge in [0.15, 0.2) is 5.03 Å². The summed E-state index contributed by atoms with van der Waals surface area (Å²) in [5, 5.41) is 7.24. The normalized spacial score (nSPS) is 16.9. The number of nitrogens with zero attached hydrogens (tertiary/aromatic N) is 3. The number of sulfonamides is 1. The summed E-state index contributed by atoms with van der Waals surface area (Å²) in [6.45, 7) is 18.8. The number of fused-ring (bicyclic) bond motifs is 1. The molecule has 10 nitrogen and oxygen atoms in total. The molecule has 12 heteroatoms. The van der Waals surface area contributed by atoms with E-state index in [0.717, 1.165) is 43.5 Å². The summed E-state index contributed by atoms with van der Waals surface area (Å²) in [5.74, 6) is 0.590. The van der Waals surface area contributed by atoms with Crippen LogP contribution in [-0.4, -0.2) is 48.0 Å². The maximum absolute atomic E-state index is 13.5. The van der Waals surface area contributed by atoms with Crippen LogP contribution in [0.3, 0.4) is 0 Å². The van der Waals surface area contributed by atoms with Crippen LogP contribution in [0.1, 0.15) is 109 Å². The molecule has 4 heterocycles. The van der Waals surface area contributed by atoms with E-state index in [1.807, 2.05) is 12.3 Å². The first-order valence-electron chi connectivity index (χ1n) is 17.5. The van der Waals surface area contributed by atoms with Crippen LogP contribution in [0.15, 0.2) is 65.8 Å². The van der Waals surface area contributed by atoms with Gasteiger partial charge < -0.3 is 15.4 Å². The van der Waals surface area contributed by atoms with E-state index >= 15 is 0 Å². The summed E-state index contributed by atoms with van der Waals surface area (Å²) < 4.78 is 35.0. The molecule has 0 spiro atoms. The zero-order valence-corrected chi connectivity index (χ0v) is 32.5. The largest absolute Gasteiger partial charge is 0.493 e. The summed E-state index contributed by atoms with van der Waals surface area (Å²) in [4.78, 5) is 26.8. The third kappa shape index (κ3) is 10.4. The lowest BCUT2D eigenvalue weighted by atomic mass is 9.86. The number of pyridine rings is 3. The number of amides is 1. The first-order valence-corrected chi connectivity index (χ1v) is 19.4. The number of ether oxygens (including phenoxy) is 1. The monoisotopic (exact) mass is 734 g/mol. The average Bonchev–Trinajstić information content (AvgIpc) is 3.39. The predicted molar refractivity (Wildman–Crippen MR) is 204 cm³/mol. The van der Waals surface area contributed by atoms with Gasteiger partial charge in [0.1, 0.15) is 16.7 Å². The van der Waals surface area contributed by atoms with E-state index in [0.29, 0.717) is 35.0 Å². The molecule has 1 saturated heterocycles. The molecule has 1 fully saturated rings. The number of halogens is 1. The molecule has 0 radical (unpaired) electrons. The van der Waals surface area contributed by atoms with Gasteiger partial charge in [-0.1, -0.05) is 59.2 Å². The Bertz CT molecular complexity index is 1990. The number of aromatic nitrogens is 3. The van der Waals surface area contributed by atoms with Crippen molar-refractivity contribution in [3.05, 3.63) is 82.8 Å². The van der Waals surface area contributed by atoms with Crippen molar-refractivity contribution in [2.45, 2.75) is 103 Å². The average molecular weight is 735 g/mol. The fraction of sp³-hybridized carbons (Fsp3) is 0.487. The lowest BCUT2D eigenvalue weighted by Crippen LogP contribution is -2.31. The topological polar surface area (TPSA) is 135 Å². The van der Waals surface area contributed by atoms with Gasteiger partial charge in [-0.15, -0.1) is 0 Å². The Kier molecular flexibility index (Phi) is 11.3. The van der Waals surface area contributed by atoms with E-state index in [1.54, 1.807) is 30.3 Å². The van der Waals surface area contributed by atoms with Gasteiger partial charge in [0, 0.05) is 23.2 Å². The minimum absolute atomic E-state index is 0.0706. The van der Waals surface area contributed by atoms with Gasteiger partial charge in [-0.2, -0.15) is 8.42 Å². The van der Waals surface area contributed by atoms with Crippen LogP contribution in [0.25, 0.3) is 10.9 Å². The molecule has 1 unspecified atom stereocenters. The van der Waals surface area contributed by atoms with Gasteiger partial charge in [0.25, 0.3) is 15.9 Å². The zero-order valence-electron chi connectivity index (χ0n) is 30.9. The first-order chi connectivity index (χ1) is 23.8. The molecule has 5 rings (SSSR count). The van der Waals surface area contributed by atoms with Crippen LogP contribution in [0, 0.1) is 11.3 Å². The number of hydrogen-bond donors (Lipinski definition) is 3. The second-order valence-corrected chi connectivity index (χ2v) is 18.5. The first kappa shape index (κ1) is 38.4. The lowest BCUT2D eigenvalue weighted by molar-refractivity contribution is 0.0981. The van der Waals surface area contributed by atoms with E-state index in [4.69, 9.17) is 21.3 Å². The van der Waals surface area contributed by atoms with Crippen molar-refractivity contribution in [2.75, 3.05) is 18.5 Å². The third-order valence-corrected chi connectivity index (χ3v) is 10.7. The Morgan fingerprint density at radius 3 is 2.51 bits per heavy atom. The standard InChI is InChI=1S/C39H51ClN6O4S/c1-37(2,3)17-19-50-28-14-13-26-20-29(35(40)44-31(26)22-28)36(47)46-51(48,49)34-11-9-10-33(45-34)43-30(15-12-25-23-39(7,8)42-24-25)32-21-27(16-18-41-32)38(4,5)6/h9-11,13-14,16,18,20-22,25,30,42H,12,15,17,19,23-24H2,1-8H3,(H,43,45)(H,46,47)/t25-,30?/m0/s1. The number of carbonyl (C=O) groups is 1. The van der Waals surface area contributed by atoms with Crippen molar-refractivity contribution in [1.29, 1.82) is 0 Å². The molecule has 3 aromatic heterocycles. The van der Waals surface area contributed by atoms with Gasteiger partial charge in [0.05, 0.1) is 29.4 Å². The quantitative estimate of drug-likeness (QED) is 0.123. The van der Waals surface area contributed by atoms with E-state index in [2.05, 4.69) is 86.8 Å². The van der Waals surface area contributed by atoms with E-state index < -0.39 is 15.9 Å². The third-order valence-electron chi connectivity index (χ3n) is 9.19. The van der Waals surface area contributed by atoms with Crippen LogP contribution < -0.4 is 20.1 Å². The molecule has 1 aliphatic heterocycles. The maximum Gasteiger partial charge on any atom is 0.281 e. The molecule has 1 amide bonds. The Morgan fingerprint density at radius 2 is 1.82 bits per heavy atom. The molecule has 0 aliphatic carbocycles. The maximum atomic E-state index is 13.5. The highest BCUT2D eigenvalue weighted by molar-refractivity contribution is 7.90. The zero-order chi connectivity index (χ0) is 37.2. The van der Waals surface area contributed by atoms with Crippen molar-refractivity contribution in [3.8, 4) is 5.75 Å². The molecule has 51 heavy (non-hydrogen) atoms. The van der Waals surface area contributed by atoms with Crippen LogP contribution in [0.4, 0.5) is 5.82 Å². The second-order valence-electron chi connectivity index (χ2n) is 16.5. The molecule has 1 aliphatic rings. The molecule has 274 valence electrons. The highest BCUT2D eigenvalue weighted by atomic mass is 35.5. The van der Waals surface area contributed by atoms with E-state index in [1.165, 1.54) is 12.1 Å². The van der Waals surface area contributed by atoms with Crippen LogP contribution in [-0.2, 0) is 15.4 Å². The molecule has 4 aromatic rings. The van der Waals surface area contributed by atoms with Crippen molar-refractivity contribution >= 4 is 44.3 Å². The van der Waals surface area contributed by atoms with Gasteiger partial charge in [0.2, 0.25) is 0 Å². The summed E-state index contributed by atoms with van der Waals surface area (Å²) in [6, 6.07) is 15.4. The van der Waals surface area contributed by atoms with Gasteiger partial charge in [-0.3, -0.25) is 9.78 Å². The Labute approximate surface area is 307 Å². The SMILES string of the molecule is CC(C)(C)CCOc1ccc2cc(C(=O)NS(=O)(=O)c3cccc(NC(CC[C@@H]4CNC(C)(C)C4)c4cc(C(C)(C)C)ccn4)n3)c(Cl)nc2c1. The van der Waals surface area contributed by atoms with Crippen LogP contribution in [0.5, 0.6) is 5.75 Å². The number of anilines is 1. The van der Waals surface area contributed by atoms with Crippen molar-refractivity contribution in [2.24, 2.45) is 11.3 Å². The smallest absolute Gasteiger partial charge is 0.281 e. The highest BCUT2D eigenvalue weighted by Gasteiger charge is 2.31. The molecule has 2 atom stereocenters. The summed E-state index contributed by atoms with van der Waals surface area (Å²) in [6.07, 6.45) is 5.50. The molecule has 0 saturated carbocycles. The fourth-order valence-electron chi connectivity index (χ4n) is 6.19. The van der Waals surface area contributed by atoms with E-state index in [-0.39, 0.29) is 38.2 Å². The van der Waals surface area contributed by atoms with E-state index in [9.17, 15) is 13.2 Å². The second kappa shape index (κ2) is 15.0. The van der Waals surface area contributed by atoms with Gasteiger partial charge >= 0.3 is 0 Å². The lowest BCUT2D eigenvalue weighted by Gasteiger charge is -2.24. The summed E-state index contributed by atoms with van der Waals surface area (Å²) >= 11 is 6.42. The Morgan fingerprint density at radius 1 is 1.06 bits per heavy atom. The number of hydrogen-bond acceptors (Lipinski definition) is 9. The molecule has 0 bridgehead atoms. The molecular formula is C39H51ClN6O4S. The molecule has 3 N–H and O–H groups in total. The van der Waals surface area contributed by atoms with Crippen molar-refractivity contribution < 1.29 is 17.9 Å². The minimum atomic E-state index is -4.38. The molecular weight excluding hydrogens is 684 g/mol. The molecule has 1 aromatic carbocycles. The number of rotatable bonds is 12. The summed E-state index contributed by atoms with van der Waals surface area (Å²) in [7, 11) is -4.38. The van der Waals surface area contributed by atoms with Gasteiger partial charge in [-0.05, 0) is 111 Å². The highest BCUT2D eigenvalue weighted by Crippen LogP contribution is 2.33. The van der Waals surface area contributed by atoms with Crippen LogP contribution >= 0.6 is 11.6 Å².